The van der Waals surface area contributed by atoms with E-state index in [2.05, 4.69) is 35.1 Å². The Bertz CT molecular complexity index is 451. The van der Waals surface area contributed by atoms with Crippen LogP contribution in [-0.2, 0) is 4.79 Å². The van der Waals surface area contributed by atoms with Crippen LogP contribution in [0.1, 0.15) is 31.7 Å². The fourth-order valence-electron chi connectivity index (χ4n) is 1.84. The molecule has 1 aromatic rings. The first-order valence-electron chi connectivity index (χ1n) is 5.94. The second kappa shape index (κ2) is 7.17. The average molecular weight is 309 g/mol. The quantitative estimate of drug-likeness (QED) is 0.849. The Morgan fingerprint density at radius 1 is 1.50 bits per heavy atom. The second-order valence-electron chi connectivity index (χ2n) is 4.61. The van der Waals surface area contributed by atoms with E-state index in [4.69, 9.17) is 5.26 Å². The molecule has 3 nitrogen and oxygen atoms in total. The van der Waals surface area contributed by atoms with Crippen molar-refractivity contribution in [2.24, 2.45) is 5.92 Å². The fraction of sp³-hybridized carbons (Fsp3) is 0.429. The first-order chi connectivity index (χ1) is 8.54. The summed E-state index contributed by atoms with van der Waals surface area (Å²) in [5.41, 5.74) is 0.980. The Morgan fingerprint density at radius 3 is 2.78 bits per heavy atom. The smallest absolute Gasteiger partial charge is 0.228 e. The van der Waals surface area contributed by atoms with Gasteiger partial charge in [-0.15, -0.1) is 0 Å². The zero-order chi connectivity index (χ0) is 13.5. The predicted octanol–water partition coefficient (Wildman–Crippen LogP) is 3.22. The number of carbonyl (C=O) groups is 1. The molecule has 0 heterocycles. The summed E-state index contributed by atoms with van der Waals surface area (Å²) < 4.78 is 0.960. The highest BCUT2D eigenvalue weighted by Gasteiger charge is 2.21. The molecule has 0 bridgehead atoms. The van der Waals surface area contributed by atoms with Crippen molar-refractivity contribution in [3.63, 3.8) is 0 Å². The van der Waals surface area contributed by atoms with Gasteiger partial charge in [0.15, 0.2) is 0 Å². The summed E-state index contributed by atoms with van der Waals surface area (Å²) in [6.45, 7) is 4.23. The number of hydrogen-bond donors (Lipinski definition) is 1. The van der Waals surface area contributed by atoms with E-state index in [0.29, 0.717) is 5.92 Å². The molecule has 0 aliphatic rings. The van der Waals surface area contributed by atoms with Crippen LogP contribution in [0.3, 0.4) is 0 Å². The van der Waals surface area contributed by atoms with Crippen molar-refractivity contribution < 1.29 is 4.79 Å². The predicted molar refractivity (Wildman–Crippen MR) is 75.0 cm³/mol. The zero-order valence-corrected chi connectivity index (χ0v) is 12.2. The number of rotatable bonds is 5. The third-order valence-electron chi connectivity index (χ3n) is 2.62. The molecule has 4 heteroatoms. The highest BCUT2D eigenvalue weighted by atomic mass is 79.9. The summed E-state index contributed by atoms with van der Waals surface area (Å²) >= 11 is 3.41. The van der Waals surface area contributed by atoms with Gasteiger partial charge >= 0.3 is 0 Å². The maximum absolute atomic E-state index is 12.1. The highest BCUT2D eigenvalue weighted by Crippen LogP contribution is 2.26. The summed E-state index contributed by atoms with van der Waals surface area (Å²) in [4.78, 5) is 12.1. The molecule has 0 unspecified atom stereocenters. The summed E-state index contributed by atoms with van der Waals surface area (Å²) in [5.74, 6) is 0.140. The normalized spacial score (nSPS) is 11.9. The van der Waals surface area contributed by atoms with Crippen LogP contribution >= 0.6 is 15.9 Å². The van der Waals surface area contributed by atoms with Crippen LogP contribution in [0, 0.1) is 17.2 Å². The molecule has 0 aliphatic heterocycles. The minimum absolute atomic E-state index is 0.0570. The van der Waals surface area contributed by atoms with Gasteiger partial charge < -0.3 is 5.32 Å². The standard InChI is InChI=1S/C14H17BrN2O/c1-10(2)8-13(14(18)17-7-6-16)11-4-3-5-12(15)9-11/h3-5,9-10,13H,7-8H2,1-2H3,(H,17,18)/t13-/m1/s1. The van der Waals surface area contributed by atoms with Gasteiger partial charge in [-0.25, -0.2) is 0 Å². The number of amides is 1. The lowest BCUT2D eigenvalue weighted by Crippen LogP contribution is -2.30. The van der Waals surface area contributed by atoms with Crippen molar-refractivity contribution >= 4 is 21.8 Å². The SMILES string of the molecule is CC(C)C[C@@H](C(=O)NCC#N)c1cccc(Br)c1. The maximum atomic E-state index is 12.1. The third kappa shape index (κ3) is 4.50. The van der Waals surface area contributed by atoms with E-state index in [1.807, 2.05) is 30.3 Å². The van der Waals surface area contributed by atoms with E-state index in [-0.39, 0.29) is 18.4 Å². The lowest BCUT2D eigenvalue weighted by molar-refractivity contribution is -0.122. The molecule has 0 aromatic heterocycles. The summed E-state index contributed by atoms with van der Waals surface area (Å²) in [6, 6.07) is 9.69. The number of nitriles is 1. The van der Waals surface area contributed by atoms with E-state index in [0.717, 1.165) is 16.5 Å². The van der Waals surface area contributed by atoms with Crippen LogP contribution < -0.4 is 5.32 Å². The summed E-state index contributed by atoms with van der Waals surface area (Å²) in [5, 5.41) is 11.2. The monoisotopic (exact) mass is 308 g/mol. The molecule has 0 spiro atoms. The molecular weight excluding hydrogens is 292 g/mol. The molecule has 1 aromatic carbocycles. The lowest BCUT2D eigenvalue weighted by atomic mass is 9.89. The van der Waals surface area contributed by atoms with Gasteiger partial charge in [0.1, 0.15) is 6.54 Å². The molecule has 1 atom stereocenters. The number of hydrogen-bond acceptors (Lipinski definition) is 2. The van der Waals surface area contributed by atoms with Crippen molar-refractivity contribution in [3.05, 3.63) is 34.3 Å². The van der Waals surface area contributed by atoms with Gasteiger partial charge in [0.25, 0.3) is 0 Å². The number of halogens is 1. The van der Waals surface area contributed by atoms with Gasteiger partial charge in [0.2, 0.25) is 5.91 Å². The van der Waals surface area contributed by atoms with Gasteiger partial charge in [-0.1, -0.05) is 41.9 Å². The van der Waals surface area contributed by atoms with Crippen molar-refractivity contribution in [2.45, 2.75) is 26.2 Å². The van der Waals surface area contributed by atoms with Crippen LogP contribution in [0.2, 0.25) is 0 Å². The highest BCUT2D eigenvalue weighted by molar-refractivity contribution is 9.10. The number of nitrogens with zero attached hydrogens (tertiary/aromatic N) is 1. The van der Waals surface area contributed by atoms with Crippen LogP contribution in [0.4, 0.5) is 0 Å². The van der Waals surface area contributed by atoms with Crippen molar-refractivity contribution in [3.8, 4) is 6.07 Å². The Kier molecular flexibility index (Phi) is 5.87. The molecule has 0 aliphatic carbocycles. The third-order valence-corrected chi connectivity index (χ3v) is 3.11. The van der Waals surface area contributed by atoms with Crippen molar-refractivity contribution in [2.75, 3.05) is 6.54 Å². The number of carbonyl (C=O) groups excluding carboxylic acids is 1. The second-order valence-corrected chi connectivity index (χ2v) is 5.53. The van der Waals surface area contributed by atoms with Crippen molar-refractivity contribution in [1.82, 2.24) is 5.32 Å². The Labute approximate surface area is 116 Å². The average Bonchev–Trinajstić information content (AvgIpc) is 2.32. The van der Waals surface area contributed by atoms with Crippen LogP contribution in [0.5, 0.6) is 0 Å². The van der Waals surface area contributed by atoms with Gasteiger partial charge in [0, 0.05) is 4.47 Å². The number of benzene rings is 1. The topological polar surface area (TPSA) is 52.9 Å². The number of nitrogens with one attached hydrogen (secondary N) is 1. The first-order valence-corrected chi connectivity index (χ1v) is 6.74. The maximum Gasteiger partial charge on any atom is 0.228 e. The Balaban J connectivity index is 2.91. The zero-order valence-electron chi connectivity index (χ0n) is 10.6. The minimum Gasteiger partial charge on any atom is -0.342 e. The van der Waals surface area contributed by atoms with Crippen LogP contribution in [0.15, 0.2) is 28.7 Å². The molecule has 1 amide bonds. The Hall–Kier alpha value is -1.34. The van der Waals surface area contributed by atoms with Crippen LogP contribution in [-0.4, -0.2) is 12.5 Å². The molecule has 18 heavy (non-hydrogen) atoms. The molecule has 0 saturated heterocycles. The summed E-state index contributed by atoms with van der Waals surface area (Å²) in [6.07, 6.45) is 0.772. The molecule has 0 saturated carbocycles. The lowest BCUT2D eigenvalue weighted by Gasteiger charge is -2.18. The van der Waals surface area contributed by atoms with E-state index in [9.17, 15) is 4.79 Å². The fourth-order valence-corrected chi connectivity index (χ4v) is 2.26. The van der Waals surface area contributed by atoms with Crippen molar-refractivity contribution in [1.29, 1.82) is 5.26 Å². The Morgan fingerprint density at radius 2 is 2.22 bits per heavy atom. The largest absolute Gasteiger partial charge is 0.342 e. The van der Waals surface area contributed by atoms with Gasteiger partial charge in [-0.3, -0.25) is 4.79 Å². The van der Waals surface area contributed by atoms with Gasteiger partial charge in [-0.05, 0) is 30.0 Å². The van der Waals surface area contributed by atoms with E-state index >= 15 is 0 Å². The summed E-state index contributed by atoms with van der Waals surface area (Å²) in [7, 11) is 0. The molecular formula is C14H17BrN2O. The minimum atomic E-state index is -0.198. The van der Waals surface area contributed by atoms with Crippen LogP contribution in [0.25, 0.3) is 0 Å². The van der Waals surface area contributed by atoms with Gasteiger partial charge in [0.05, 0.1) is 12.0 Å². The van der Waals surface area contributed by atoms with Gasteiger partial charge in [-0.2, -0.15) is 5.26 Å². The molecule has 1 rings (SSSR count). The van der Waals surface area contributed by atoms with E-state index in [1.54, 1.807) is 0 Å². The van der Waals surface area contributed by atoms with E-state index < -0.39 is 0 Å². The first kappa shape index (κ1) is 14.7. The van der Waals surface area contributed by atoms with E-state index in [1.165, 1.54) is 0 Å². The molecule has 1 N–H and O–H groups in total. The molecule has 0 radical (unpaired) electrons. The molecule has 96 valence electrons. The molecule has 0 fully saturated rings.